The maximum absolute atomic E-state index is 10.8. The minimum atomic E-state index is 0.299. The van der Waals surface area contributed by atoms with Gasteiger partial charge in [-0.2, -0.15) is 0 Å². The van der Waals surface area contributed by atoms with Crippen molar-refractivity contribution in [1.82, 2.24) is 15.0 Å². The van der Waals surface area contributed by atoms with E-state index in [1.165, 1.54) is 0 Å². The first-order chi connectivity index (χ1) is 13.2. The minimum Gasteiger partial charge on any atom is -0.453 e. The number of carbonyl (C=O) groups excluding carboxylic acids is 1. The molecule has 132 valence electrons. The minimum absolute atomic E-state index is 0.299. The molecule has 0 unspecified atom stereocenters. The standard InChI is InChI=1S/C21H16N4O2/c1-14-4-5-15(20-7-6-17(13-26)27-20)11-19(14)25-21-23-10-8-18(24-21)16-3-2-9-22-12-16/h2-13H,1H3,(H,23,24,25). The Hall–Kier alpha value is -3.80. The summed E-state index contributed by atoms with van der Waals surface area (Å²) < 4.78 is 5.51. The lowest BCUT2D eigenvalue weighted by atomic mass is 10.1. The third-order valence-corrected chi connectivity index (χ3v) is 4.12. The molecule has 0 fully saturated rings. The quantitative estimate of drug-likeness (QED) is 0.524. The smallest absolute Gasteiger partial charge is 0.227 e. The van der Waals surface area contributed by atoms with Crippen molar-refractivity contribution in [2.24, 2.45) is 0 Å². The van der Waals surface area contributed by atoms with Gasteiger partial charge in [-0.1, -0.05) is 12.1 Å². The van der Waals surface area contributed by atoms with Crippen LogP contribution in [0.15, 0.2) is 71.5 Å². The van der Waals surface area contributed by atoms with Crippen LogP contribution in [0.25, 0.3) is 22.6 Å². The number of carbonyl (C=O) groups is 1. The summed E-state index contributed by atoms with van der Waals surface area (Å²) >= 11 is 0. The SMILES string of the molecule is Cc1ccc(-c2ccc(C=O)o2)cc1Nc1nccc(-c2cccnc2)n1. The number of hydrogen-bond donors (Lipinski definition) is 1. The number of nitrogens with zero attached hydrogens (tertiary/aromatic N) is 3. The number of aldehydes is 1. The van der Waals surface area contributed by atoms with Crippen LogP contribution >= 0.6 is 0 Å². The van der Waals surface area contributed by atoms with Crippen LogP contribution in [0.5, 0.6) is 0 Å². The van der Waals surface area contributed by atoms with Crippen LogP contribution in [-0.4, -0.2) is 21.2 Å². The molecular weight excluding hydrogens is 340 g/mol. The maximum Gasteiger partial charge on any atom is 0.227 e. The maximum atomic E-state index is 10.8. The van der Waals surface area contributed by atoms with E-state index in [2.05, 4.69) is 20.3 Å². The van der Waals surface area contributed by atoms with E-state index < -0.39 is 0 Å². The van der Waals surface area contributed by atoms with E-state index in [-0.39, 0.29) is 0 Å². The van der Waals surface area contributed by atoms with Gasteiger partial charge in [0.15, 0.2) is 12.0 Å². The summed E-state index contributed by atoms with van der Waals surface area (Å²) in [6.45, 7) is 2.00. The lowest BCUT2D eigenvalue weighted by molar-refractivity contribution is 0.110. The van der Waals surface area contributed by atoms with Gasteiger partial charge in [0, 0.05) is 35.4 Å². The zero-order chi connectivity index (χ0) is 18.6. The van der Waals surface area contributed by atoms with E-state index in [9.17, 15) is 4.79 Å². The second kappa shape index (κ2) is 7.21. The Balaban J connectivity index is 1.64. The molecule has 0 atom stereocenters. The van der Waals surface area contributed by atoms with Crippen molar-refractivity contribution in [1.29, 1.82) is 0 Å². The first-order valence-electron chi connectivity index (χ1n) is 8.39. The Kier molecular flexibility index (Phi) is 4.45. The van der Waals surface area contributed by atoms with Gasteiger partial charge in [0.05, 0.1) is 5.69 Å². The lowest BCUT2D eigenvalue weighted by Gasteiger charge is -2.10. The van der Waals surface area contributed by atoms with Crippen molar-refractivity contribution in [3.8, 4) is 22.6 Å². The molecule has 4 rings (SSSR count). The largest absolute Gasteiger partial charge is 0.453 e. The number of rotatable bonds is 5. The number of hydrogen-bond acceptors (Lipinski definition) is 6. The number of anilines is 2. The van der Waals surface area contributed by atoms with Gasteiger partial charge in [-0.15, -0.1) is 0 Å². The van der Waals surface area contributed by atoms with Crippen molar-refractivity contribution >= 4 is 17.9 Å². The second-order valence-electron chi connectivity index (χ2n) is 5.98. The molecule has 0 bridgehead atoms. The molecule has 0 saturated heterocycles. The van der Waals surface area contributed by atoms with E-state index in [1.54, 1.807) is 30.7 Å². The number of aromatic nitrogens is 3. The fraction of sp³-hybridized carbons (Fsp3) is 0.0476. The number of aryl methyl sites for hydroxylation is 1. The topological polar surface area (TPSA) is 80.9 Å². The Labute approximate surface area is 155 Å². The van der Waals surface area contributed by atoms with Crippen LogP contribution in [0.3, 0.4) is 0 Å². The summed E-state index contributed by atoms with van der Waals surface area (Å²) in [6, 6.07) is 15.0. The third-order valence-electron chi connectivity index (χ3n) is 4.12. The average molecular weight is 356 g/mol. The molecule has 27 heavy (non-hydrogen) atoms. The van der Waals surface area contributed by atoms with Crippen LogP contribution < -0.4 is 5.32 Å². The van der Waals surface area contributed by atoms with Crippen molar-refractivity contribution < 1.29 is 9.21 Å². The Morgan fingerprint density at radius 3 is 2.74 bits per heavy atom. The summed E-state index contributed by atoms with van der Waals surface area (Å²) in [5, 5.41) is 3.26. The molecule has 1 N–H and O–H groups in total. The predicted molar refractivity (Wildman–Crippen MR) is 103 cm³/mol. The molecule has 6 nitrogen and oxygen atoms in total. The van der Waals surface area contributed by atoms with Gasteiger partial charge < -0.3 is 9.73 Å². The van der Waals surface area contributed by atoms with Crippen LogP contribution in [0.1, 0.15) is 16.1 Å². The molecule has 0 spiro atoms. The second-order valence-corrected chi connectivity index (χ2v) is 5.98. The molecule has 6 heteroatoms. The van der Waals surface area contributed by atoms with Crippen molar-refractivity contribution in [2.75, 3.05) is 5.32 Å². The Morgan fingerprint density at radius 2 is 1.96 bits per heavy atom. The molecular formula is C21H16N4O2. The molecule has 0 saturated carbocycles. The summed E-state index contributed by atoms with van der Waals surface area (Å²) in [7, 11) is 0. The van der Waals surface area contributed by atoms with E-state index >= 15 is 0 Å². The molecule has 0 radical (unpaired) electrons. The van der Waals surface area contributed by atoms with Gasteiger partial charge in [-0.05, 0) is 48.9 Å². The summed E-state index contributed by atoms with van der Waals surface area (Å²) in [6.07, 6.45) is 5.89. The third kappa shape index (κ3) is 3.59. The van der Waals surface area contributed by atoms with Crippen LogP contribution in [-0.2, 0) is 0 Å². The summed E-state index contributed by atoms with van der Waals surface area (Å²) in [4.78, 5) is 23.8. The monoisotopic (exact) mass is 356 g/mol. The molecule has 0 amide bonds. The molecule has 3 aromatic heterocycles. The van der Waals surface area contributed by atoms with E-state index in [4.69, 9.17) is 4.42 Å². The summed E-state index contributed by atoms with van der Waals surface area (Å²) in [5.74, 6) is 1.42. The molecule has 0 aliphatic heterocycles. The van der Waals surface area contributed by atoms with Crippen molar-refractivity contribution in [2.45, 2.75) is 6.92 Å². The highest BCUT2D eigenvalue weighted by Crippen LogP contribution is 2.28. The van der Waals surface area contributed by atoms with Crippen LogP contribution in [0.4, 0.5) is 11.6 Å². The van der Waals surface area contributed by atoms with Crippen LogP contribution in [0, 0.1) is 6.92 Å². The lowest BCUT2D eigenvalue weighted by Crippen LogP contribution is -1.99. The molecule has 4 aromatic rings. The number of furan rings is 1. The fourth-order valence-electron chi connectivity index (χ4n) is 2.70. The van der Waals surface area contributed by atoms with Crippen molar-refractivity contribution in [3.63, 3.8) is 0 Å². The van der Waals surface area contributed by atoms with Gasteiger partial charge in [-0.25, -0.2) is 9.97 Å². The fourth-order valence-corrected chi connectivity index (χ4v) is 2.70. The molecule has 1 aromatic carbocycles. The number of nitrogens with one attached hydrogen (secondary N) is 1. The molecule has 0 aliphatic carbocycles. The van der Waals surface area contributed by atoms with E-state index in [0.717, 1.165) is 28.1 Å². The predicted octanol–water partition coefficient (Wildman–Crippen LogP) is 4.66. The number of pyridine rings is 1. The first-order valence-corrected chi connectivity index (χ1v) is 8.39. The molecule has 3 heterocycles. The average Bonchev–Trinajstić information content (AvgIpc) is 3.20. The molecule has 0 aliphatic rings. The highest BCUT2D eigenvalue weighted by Gasteiger charge is 2.09. The highest BCUT2D eigenvalue weighted by atomic mass is 16.3. The zero-order valence-corrected chi connectivity index (χ0v) is 14.6. The Bertz CT molecular complexity index is 1090. The van der Waals surface area contributed by atoms with Gasteiger partial charge in [0.1, 0.15) is 5.76 Å². The van der Waals surface area contributed by atoms with Gasteiger partial charge in [-0.3, -0.25) is 9.78 Å². The van der Waals surface area contributed by atoms with Crippen molar-refractivity contribution in [3.05, 3.63) is 78.4 Å². The van der Waals surface area contributed by atoms with E-state index in [1.807, 2.05) is 43.3 Å². The van der Waals surface area contributed by atoms with Crippen LogP contribution in [0.2, 0.25) is 0 Å². The first kappa shape index (κ1) is 16.7. The zero-order valence-electron chi connectivity index (χ0n) is 14.6. The van der Waals surface area contributed by atoms with Gasteiger partial charge >= 0.3 is 0 Å². The highest BCUT2D eigenvalue weighted by molar-refractivity contribution is 5.74. The number of benzene rings is 1. The summed E-state index contributed by atoms with van der Waals surface area (Å²) in [5.41, 5.74) is 4.47. The Morgan fingerprint density at radius 1 is 1.04 bits per heavy atom. The van der Waals surface area contributed by atoms with Gasteiger partial charge in [0.25, 0.3) is 0 Å². The van der Waals surface area contributed by atoms with E-state index in [0.29, 0.717) is 23.8 Å². The normalized spacial score (nSPS) is 10.6. The van der Waals surface area contributed by atoms with Gasteiger partial charge in [0.2, 0.25) is 5.95 Å².